The van der Waals surface area contributed by atoms with E-state index in [1.807, 2.05) is 24.3 Å². The summed E-state index contributed by atoms with van der Waals surface area (Å²) in [6.07, 6.45) is 0.765. The number of nitrogens with one attached hydrogen (secondary N) is 1. The quantitative estimate of drug-likeness (QED) is 0.723. The van der Waals surface area contributed by atoms with Crippen LogP contribution >= 0.6 is 0 Å². The smallest absolute Gasteiger partial charge is 0.335 e. The molecule has 5 nitrogen and oxygen atoms in total. The van der Waals surface area contributed by atoms with Crippen LogP contribution in [0.2, 0.25) is 0 Å². The Labute approximate surface area is 154 Å². The van der Waals surface area contributed by atoms with E-state index < -0.39 is 5.97 Å². The minimum atomic E-state index is -1.02. The molecule has 2 N–H and O–H groups in total. The molecule has 5 heteroatoms. The molecule has 0 heterocycles. The molecule has 0 aliphatic heterocycles. The van der Waals surface area contributed by atoms with Gasteiger partial charge in [-0.15, -0.1) is 0 Å². The Morgan fingerprint density at radius 1 is 1.08 bits per heavy atom. The first-order valence-electron chi connectivity index (χ1n) is 8.75. The minimum Gasteiger partial charge on any atom is -0.493 e. The zero-order valence-corrected chi connectivity index (χ0v) is 15.2. The largest absolute Gasteiger partial charge is 0.493 e. The van der Waals surface area contributed by atoms with Crippen LogP contribution in [-0.2, 0) is 17.6 Å². The van der Waals surface area contributed by atoms with Crippen LogP contribution in [0.25, 0.3) is 0 Å². The van der Waals surface area contributed by atoms with Crippen molar-refractivity contribution in [3.63, 3.8) is 0 Å². The number of carbonyl (C=O) groups excluding carboxylic acids is 1. The number of aromatic carboxylic acids is 1. The molecule has 138 valence electrons. The number of carboxylic acid groups (broad SMARTS) is 1. The summed E-state index contributed by atoms with van der Waals surface area (Å²) in [5.74, 6) is 0.122. The zero-order chi connectivity index (χ0) is 18.9. The molecule has 26 heavy (non-hydrogen) atoms. The van der Waals surface area contributed by atoms with Crippen molar-refractivity contribution in [2.75, 3.05) is 13.2 Å². The second-order valence-electron chi connectivity index (χ2n) is 6.59. The first-order valence-corrected chi connectivity index (χ1v) is 8.75. The summed E-state index contributed by atoms with van der Waals surface area (Å²) in [6, 6.07) is 14.4. The van der Waals surface area contributed by atoms with E-state index in [1.54, 1.807) is 18.2 Å². The summed E-state index contributed by atoms with van der Waals surface area (Å²) < 4.78 is 5.64. The molecule has 0 unspecified atom stereocenters. The van der Waals surface area contributed by atoms with Crippen molar-refractivity contribution in [3.05, 3.63) is 65.2 Å². The van der Waals surface area contributed by atoms with E-state index in [0.29, 0.717) is 31.1 Å². The normalized spacial score (nSPS) is 10.6. The highest BCUT2D eigenvalue weighted by atomic mass is 16.5. The Kier molecular flexibility index (Phi) is 7.21. The standard InChI is InChI=1S/C21H25NO4/c1-15(2)14-26-18-9-7-16(8-10-18)11-12-22-20(23)13-17-5-3-4-6-19(17)21(24)25/h3-10,15H,11-14H2,1-2H3,(H,22,23)(H,24,25). The SMILES string of the molecule is CC(C)COc1ccc(CCNC(=O)Cc2ccccc2C(=O)O)cc1. The third-order valence-electron chi connectivity index (χ3n) is 3.84. The molecule has 1 amide bonds. The van der Waals surface area contributed by atoms with Crippen LogP contribution in [0.1, 0.15) is 35.3 Å². The molecular formula is C21H25NO4. The maximum atomic E-state index is 12.1. The summed E-state index contributed by atoms with van der Waals surface area (Å²) in [5, 5.41) is 12.0. The lowest BCUT2D eigenvalue weighted by molar-refractivity contribution is -0.120. The molecule has 0 spiro atoms. The van der Waals surface area contributed by atoms with Gasteiger partial charge < -0.3 is 15.2 Å². The number of benzene rings is 2. The monoisotopic (exact) mass is 355 g/mol. The molecule has 2 aromatic carbocycles. The van der Waals surface area contributed by atoms with Crippen LogP contribution in [0.3, 0.4) is 0 Å². The summed E-state index contributed by atoms with van der Waals surface area (Å²) in [7, 11) is 0. The van der Waals surface area contributed by atoms with Crippen molar-refractivity contribution >= 4 is 11.9 Å². The maximum absolute atomic E-state index is 12.1. The van der Waals surface area contributed by atoms with Gasteiger partial charge in [-0.1, -0.05) is 44.2 Å². The molecule has 0 radical (unpaired) electrons. The van der Waals surface area contributed by atoms with Crippen molar-refractivity contribution in [1.29, 1.82) is 0 Å². The van der Waals surface area contributed by atoms with E-state index in [1.165, 1.54) is 6.07 Å². The van der Waals surface area contributed by atoms with E-state index in [9.17, 15) is 9.59 Å². The fourth-order valence-electron chi connectivity index (χ4n) is 2.48. The Morgan fingerprint density at radius 3 is 2.42 bits per heavy atom. The molecule has 2 aromatic rings. The predicted octanol–water partition coefficient (Wildman–Crippen LogP) is 3.32. The summed E-state index contributed by atoms with van der Waals surface area (Å²) in [5.41, 5.74) is 1.79. The Morgan fingerprint density at radius 2 is 1.77 bits per heavy atom. The van der Waals surface area contributed by atoms with Gasteiger partial charge in [0, 0.05) is 6.54 Å². The summed E-state index contributed by atoms with van der Waals surface area (Å²) >= 11 is 0. The van der Waals surface area contributed by atoms with Crippen LogP contribution in [-0.4, -0.2) is 30.1 Å². The zero-order valence-electron chi connectivity index (χ0n) is 15.2. The number of carbonyl (C=O) groups is 2. The van der Waals surface area contributed by atoms with Crippen LogP contribution in [0.15, 0.2) is 48.5 Å². The Bertz CT molecular complexity index is 738. The third-order valence-corrected chi connectivity index (χ3v) is 3.84. The van der Waals surface area contributed by atoms with Gasteiger partial charge in [0.15, 0.2) is 0 Å². The van der Waals surface area contributed by atoms with E-state index in [2.05, 4.69) is 19.2 Å². The molecule has 0 fully saturated rings. The average molecular weight is 355 g/mol. The van der Waals surface area contributed by atoms with E-state index in [4.69, 9.17) is 9.84 Å². The first kappa shape index (κ1) is 19.5. The van der Waals surface area contributed by atoms with Gasteiger partial charge in [-0.25, -0.2) is 4.79 Å². The third kappa shape index (κ3) is 6.24. The molecule has 0 saturated carbocycles. The number of rotatable bonds is 9. The van der Waals surface area contributed by atoms with Gasteiger partial charge in [0.1, 0.15) is 5.75 Å². The minimum absolute atomic E-state index is 0.0600. The number of amides is 1. The molecule has 0 bridgehead atoms. The Hall–Kier alpha value is -2.82. The van der Waals surface area contributed by atoms with Gasteiger partial charge in [-0.2, -0.15) is 0 Å². The molecule has 0 atom stereocenters. The molecular weight excluding hydrogens is 330 g/mol. The van der Waals surface area contributed by atoms with Gasteiger partial charge in [0.25, 0.3) is 0 Å². The van der Waals surface area contributed by atoms with Crippen molar-refractivity contribution in [1.82, 2.24) is 5.32 Å². The topological polar surface area (TPSA) is 75.6 Å². The highest BCUT2D eigenvalue weighted by molar-refractivity contribution is 5.91. The molecule has 0 aliphatic rings. The summed E-state index contributed by atoms with van der Waals surface area (Å²) in [6.45, 7) is 5.39. The van der Waals surface area contributed by atoms with Gasteiger partial charge in [0.05, 0.1) is 18.6 Å². The molecule has 0 aliphatic carbocycles. The van der Waals surface area contributed by atoms with Crippen LogP contribution in [0, 0.1) is 5.92 Å². The second-order valence-corrected chi connectivity index (χ2v) is 6.59. The van der Waals surface area contributed by atoms with Gasteiger partial charge >= 0.3 is 5.97 Å². The van der Waals surface area contributed by atoms with E-state index >= 15 is 0 Å². The fourth-order valence-corrected chi connectivity index (χ4v) is 2.48. The fraction of sp³-hybridized carbons (Fsp3) is 0.333. The van der Waals surface area contributed by atoms with E-state index in [0.717, 1.165) is 11.3 Å². The van der Waals surface area contributed by atoms with Gasteiger partial charge in [-0.3, -0.25) is 4.79 Å². The van der Waals surface area contributed by atoms with Crippen molar-refractivity contribution < 1.29 is 19.4 Å². The highest BCUT2D eigenvalue weighted by Crippen LogP contribution is 2.13. The van der Waals surface area contributed by atoms with E-state index in [-0.39, 0.29) is 17.9 Å². The first-order chi connectivity index (χ1) is 12.5. The molecule has 0 saturated heterocycles. The van der Waals surface area contributed by atoms with Crippen molar-refractivity contribution in [2.45, 2.75) is 26.7 Å². The van der Waals surface area contributed by atoms with Gasteiger partial charge in [-0.05, 0) is 41.7 Å². The van der Waals surface area contributed by atoms with Crippen molar-refractivity contribution in [3.8, 4) is 5.75 Å². The van der Waals surface area contributed by atoms with Crippen molar-refractivity contribution in [2.24, 2.45) is 5.92 Å². The highest BCUT2D eigenvalue weighted by Gasteiger charge is 2.12. The predicted molar refractivity (Wildman–Crippen MR) is 101 cm³/mol. The lowest BCUT2D eigenvalue weighted by Crippen LogP contribution is -2.27. The molecule has 0 aromatic heterocycles. The van der Waals surface area contributed by atoms with Crippen LogP contribution in [0.4, 0.5) is 0 Å². The second kappa shape index (κ2) is 9.61. The maximum Gasteiger partial charge on any atom is 0.335 e. The lowest BCUT2D eigenvalue weighted by Gasteiger charge is -2.10. The number of hydrogen-bond donors (Lipinski definition) is 2. The lowest BCUT2D eigenvalue weighted by atomic mass is 10.0. The average Bonchev–Trinajstić information content (AvgIpc) is 2.61. The number of hydrogen-bond acceptors (Lipinski definition) is 3. The van der Waals surface area contributed by atoms with Gasteiger partial charge in [0.2, 0.25) is 5.91 Å². The van der Waals surface area contributed by atoms with Crippen LogP contribution < -0.4 is 10.1 Å². The number of carboxylic acids is 1. The summed E-state index contributed by atoms with van der Waals surface area (Å²) in [4.78, 5) is 23.2. The molecule has 2 rings (SSSR count). The van der Waals surface area contributed by atoms with Crippen LogP contribution in [0.5, 0.6) is 5.75 Å². The number of ether oxygens (including phenoxy) is 1. The Balaban J connectivity index is 1.79.